The fraction of sp³-hybridized carbons (Fsp3) is 0.259. The molecule has 0 fully saturated rings. The molecular formula is C27H29N3O2. The number of nitrogens with zero attached hydrogens (tertiary/aromatic N) is 2. The number of para-hydroxylation sites is 2. The molecule has 0 bridgehead atoms. The number of amides is 1. The molecule has 1 N–H and O–H groups in total. The number of fused-ring (bicyclic) bond motifs is 2. The normalized spacial score (nSPS) is 11.0. The van der Waals surface area contributed by atoms with Crippen LogP contribution in [0.3, 0.4) is 0 Å². The zero-order valence-corrected chi connectivity index (χ0v) is 18.3. The summed E-state index contributed by atoms with van der Waals surface area (Å²) in [4.78, 5) is 16.1. The second-order valence-corrected chi connectivity index (χ2v) is 7.80. The van der Waals surface area contributed by atoms with Crippen molar-refractivity contribution >= 4 is 27.7 Å². The van der Waals surface area contributed by atoms with Gasteiger partial charge < -0.3 is 14.6 Å². The van der Waals surface area contributed by atoms with E-state index in [2.05, 4.69) is 52.9 Å². The number of carbonyl (C=O) groups is 1. The van der Waals surface area contributed by atoms with Crippen LogP contribution in [0.4, 0.5) is 0 Å². The molecule has 0 spiro atoms. The smallest absolute Gasteiger partial charge is 0.243 e. The van der Waals surface area contributed by atoms with Gasteiger partial charge in [0.2, 0.25) is 5.91 Å². The van der Waals surface area contributed by atoms with E-state index >= 15 is 0 Å². The van der Waals surface area contributed by atoms with Crippen molar-refractivity contribution in [2.75, 3.05) is 13.2 Å². The summed E-state index contributed by atoms with van der Waals surface area (Å²) in [5, 5.41) is 5.14. The Kier molecular flexibility index (Phi) is 7.18. The average Bonchev–Trinajstić information content (AvgIpc) is 3.18. The third-order valence-electron chi connectivity index (χ3n) is 5.62. The standard InChI is InChI=1S/C27H29N3O2/c1-2-27(31)28-18-9-3-4-17-26-29-23-14-7-8-15-24(23)30(26)19-20-32-25-16-10-12-21-11-5-6-13-22(21)25/h2,5-8,10-16H,1,3-4,9,17-20H2,(H,28,31). The van der Waals surface area contributed by atoms with Gasteiger partial charge in [0, 0.05) is 18.4 Å². The molecule has 0 aliphatic carbocycles. The number of carbonyl (C=O) groups excluding carboxylic acids is 1. The number of aromatic nitrogens is 2. The Morgan fingerprint density at radius 2 is 1.81 bits per heavy atom. The van der Waals surface area contributed by atoms with Crippen LogP contribution >= 0.6 is 0 Å². The predicted molar refractivity (Wildman–Crippen MR) is 130 cm³/mol. The summed E-state index contributed by atoms with van der Waals surface area (Å²) >= 11 is 0. The summed E-state index contributed by atoms with van der Waals surface area (Å²) in [6, 6.07) is 22.7. The van der Waals surface area contributed by atoms with Crippen molar-refractivity contribution in [3.63, 3.8) is 0 Å². The van der Waals surface area contributed by atoms with E-state index in [-0.39, 0.29) is 5.91 Å². The van der Waals surface area contributed by atoms with Crippen molar-refractivity contribution in [1.29, 1.82) is 0 Å². The monoisotopic (exact) mass is 427 g/mol. The predicted octanol–water partition coefficient (Wildman–Crippen LogP) is 5.28. The van der Waals surface area contributed by atoms with Crippen LogP contribution in [0.1, 0.15) is 25.1 Å². The van der Waals surface area contributed by atoms with Gasteiger partial charge in [0.05, 0.1) is 17.6 Å². The lowest BCUT2D eigenvalue weighted by molar-refractivity contribution is -0.116. The molecule has 164 valence electrons. The van der Waals surface area contributed by atoms with Crippen LogP contribution in [-0.4, -0.2) is 28.6 Å². The van der Waals surface area contributed by atoms with Gasteiger partial charge in [0.25, 0.3) is 0 Å². The number of unbranched alkanes of at least 4 members (excludes halogenated alkanes) is 2. The number of imidazole rings is 1. The lowest BCUT2D eigenvalue weighted by Gasteiger charge is -2.12. The van der Waals surface area contributed by atoms with Gasteiger partial charge in [-0.1, -0.05) is 61.5 Å². The molecule has 0 unspecified atom stereocenters. The summed E-state index contributed by atoms with van der Waals surface area (Å²) < 4.78 is 8.47. The van der Waals surface area contributed by atoms with E-state index in [9.17, 15) is 4.79 Å². The second-order valence-electron chi connectivity index (χ2n) is 7.80. The van der Waals surface area contributed by atoms with Gasteiger partial charge in [-0.25, -0.2) is 4.98 Å². The first-order valence-electron chi connectivity index (χ1n) is 11.2. The molecule has 0 atom stereocenters. The Balaban J connectivity index is 1.39. The highest BCUT2D eigenvalue weighted by Gasteiger charge is 2.11. The quantitative estimate of drug-likeness (QED) is 0.262. The molecule has 5 nitrogen and oxygen atoms in total. The van der Waals surface area contributed by atoms with Gasteiger partial charge >= 0.3 is 0 Å². The first-order valence-corrected chi connectivity index (χ1v) is 11.2. The van der Waals surface area contributed by atoms with Crippen LogP contribution in [-0.2, 0) is 17.8 Å². The van der Waals surface area contributed by atoms with Gasteiger partial charge in [-0.15, -0.1) is 0 Å². The number of benzene rings is 3. The molecule has 1 amide bonds. The Morgan fingerprint density at radius 1 is 1.00 bits per heavy atom. The van der Waals surface area contributed by atoms with E-state index in [1.54, 1.807) is 0 Å². The molecule has 5 heteroatoms. The van der Waals surface area contributed by atoms with E-state index in [0.717, 1.165) is 60.2 Å². The summed E-state index contributed by atoms with van der Waals surface area (Å²) in [6.45, 7) is 5.47. The van der Waals surface area contributed by atoms with Gasteiger partial charge in [-0.3, -0.25) is 4.79 Å². The third-order valence-corrected chi connectivity index (χ3v) is 5.62. The minimum atomic E-state index is -0.113. The lowest BCUT2D eigenvalue weighted by Crippen LogP contribution is -2.21. The lowest BCUT2D eigenvalue weighted by atomic mass is 10.1. The van der Waals surface area contributed by atoms with Crippen molar-refractivity contribution in [3.05, 3.63) is 85.2 Å². The molecule has 1 heterocycles. The van der Waals surface area contributed by atoms with Gasteiger partial charge in [-0.05, 0) is 42.5 Å². The summed E-state index contributed by atoms with van der Waals surface area (Å²) in [5.74, 6) is 1.89. The fourth-order valence-corrected chi connectivity index (χ4v) is 4.00. The van der Waals surface area contributed by atoms with Crippen molar-refractivity contribution in [2.24, 2.45) is 0 Å². The van der Waals surface area contributed by atoms with Crippen LogP contribution in [0.15, 0.2) is 79.4 Å². The van der Waals surface area contributed by atoms with E-state index in [1.807, 2.05) is 30.3 Å². The summed E-state index contributed by atoms with van der Waals surface area (Å²) in [7, 11) is 0. The Morgan fingerprint density at radius 3 is 2.72 bits per heavy atom. The van der Waals surface area contributed by atoms with E-state index < -0.39 is 0 Å². The van der Waals surface area contributed by atoms with Gasteiger partial charge in [0.1, 0.15) is 18.2 Å². The molecule has 32 heavy (non-hydrogen) atoms. The minimum Gasteiger partial charge on any atom is -0.491 e. The van der Waals surface area contributed by atoms with Crippen LogP contribution < -0.4 is 10.1 Å². The molecule has 3 aromatic carbocycles. The van der Waals surface area contributed by atoms with Crippen molar-refractivity contribution in [3.8, 4) is 5.75 Å². The molecule has 1 aromatic heterocycles. The minimum absolute atomic E-state index is 0.113. The first kappa shape index (κ1) is 21.6. The van der Waals surface area contributed by atoms with E-state index in [4.69, 9.17) is 9.72 Å². The highest BCUT2D eigenvalue weighted by atomic mass is 16.5. The number of ether oxygens (including phenoxy) is 1. The van der Waals surface area contributed by atoms with Crippen LogP contribution in [0.5, 0.6) is 5.75 Å². The maximum absolute atomic E-state index is 11.2. The maximum atomic E-state index is 11.2. The third kappa shape index (κ3) is 5.17. The zero-order valence-electron chi connectivity index (χ0n) is 18.3. The van der Waals surface area contributed by atoms with Crippen molar-refractivity contribution in [2.45, 2.75) is 32.2 Å². The highest BCUT2D eigenvalue weighted by Crippen LogP contribution is 2.25. The van der Waals surface area contributed by atoms with E-state index in [0.29, 0.717) is 13.2 Å². The first-order chi connectivity index (χ1) is 15.8. The second kappa shape index (κ2) is 10.6. The SMILES string of the molecule is C=CC(=O)NCCCCCc1nc2ccccc2n1CCOc1cccc2ccccc12. The molecule has 0 saturated heterocycles. The van der Waals surface area contributed by atoms with Crippen LogP contribution in [0.25, 0.3) is 21.8 Å². The Labute approximate surface area is 188 Å². The number of nitrogens with one attached hydrogen (secondary N) is 1. The zero-order chi connectivity index (χ0) is 22.2. The highest BCUT2D eigenvalue weighted by molar-refractivity contribution is 5.88. The van der Waals surface area contributed by atoms with Crippen LogP contribution in [0.2, 0.25) is 0 Å². The fourth-order valence-electron chi connectivity index (χ4n) is 4.00. The number of aryl methyl sites for hydroxylation is 1. The molecule has 0 saturated carbocycles. The van der Waals surface area contributed by atoms with Gasteiger partial charge in [0.15, 0.2) is 0 Å². The van der Waals surface area contributed by atoms with Crippen LogP contribution in [0, 0.1) is 0 Å². The summed E-state index contributed by atoms with van der Waals surface area (Å²) in [6.07, 6.45) is 5.22. The molecule has 0 radical (unpaired) electrons. The van der Waals surface area contributed by atoms with Crippen molar-refractivity contribution in [1.82, 2.24) is 14.9 Å². The summed E-state index contributed by atoms with van der Waals surface area (Å²) in [5.41, 5.74) is 2.16. The van der Waals surface area contributed by atoms with Gasteiger partial charge in [-0.2, -0.15) is 0 Å². The Bertz CT molecular complexity index is 1210. The number of hydrogen-bond donors (Lipinski definition) is 1. The number of rotatable bonds is 11. The molecular weight excluding hydrogens is 398 g/mol. The van der Waals surface area contributed by atoms with Crippen molar-refractivity contribution < 1.29 is 9.53 Å². The Hall–Kier alpha value is -3.60. The molecule has 0 aliphatic heterocycles. The number of hydrogen-bond acceptors (Lipinski definition) is 3. The molecule has 4 rings (SSSR count). The molecule has 4 aromatic rings. The molecule has 0 aliphatic rings. The average molecular weight is 428 g/mol. The largest absolute Gasteiger partial charge is 0.491 e. The van der Waals surface area contributed by atoms with E-state index in [1.165, 1.54) is 11.5 Å². The topological polar surface area (TPSA) is 56.2 Å². The maximum Gasteiger partial charge on any atom is 0.243 e.